The first-order valence-electron chi connectivity index (χ1n) is 7.91. The molecule has 1 aromatic carbocycles. The molecule has 1 aliphatic carbocycles. The molecule has 1 unspecified atom stereocenters. The smallest absolute Gasteiger partial charge is 0.00889 e. The predicted octanol–water partition coefficient (Wildman–Crippen LogP) is 2.70. The van der Waals surface area contributed by atoms with E-state index in [2.05, 4.69) is 23.1 Å². The molecule has 0 aromatic heterocycles. The zero-order valence-corrected chi connectivity index (χ0v) is 11.9. The van der Waals surface area contributed by atoms with E-state index in [1.165, 1.54) is 57.2 Å². The summed E-state index contributed by atoms with van der Waals surface area (Å²) in [4.78, 5) is 2.61. The zero-order chi connectivity index (χ0) is 13.1. The van der Waals surface area contributed by atoms with E-state index < -0.39 is 0 Å². The molecule has 1 fully saturated rings. The number of likely N-dealkylation sites (tertiary alicyclic amines) is 1. The van der Waals surface area contributed by atoms with Gasteiger partial charge in [0, 0.05) is 19.0 Å². The monoisotopic (exact) mass is 258 g/mol. The highest BCUT2D eigenvalue weighted by molar-refractivity contribution is 5.37. The van der Waals surface area contributed by atoms with Gasteiger partial charge in [0.2, 0.25) is 0 Å². The molecule has 0 spiro atoms. The quantitative estimate of drug-likeness (QED) is 0.899. The molecule has 1 aliphatic heterocycles. The molecular weight excluding hydrogens is 232 g/mol. The third-order valence-corrected chi connectivity index (χ3v) is 4.81. The minimum Gasteiger partial charge on any atom is -0.330 e. The van der Waals surface area contributed by atoms with Gasteiger partial charge in [-0.25, -0.2) is 0 Å². The van der Waals surface area contributed by atoms with E-state index in [0.29, 0.717) is 5.92 Å². The molecule has 0 amide bonds. The highest BCUT2D eigenvalue weighted by Gasteiger charge is 2.19. The van der Waals surface area contributed by atoms with Gasteiger partial charge in [-0.15, -0.1) is 0 Å². The van der Waals surface area contributed by atoms with Crippen molar-refractivity contribution in [1.29, 1.82) is 0 Å². The van der Waals surface area contributed by atoms with Gasteiger partial charge in [-0.2, -0.15) is 0 Å². The number of benzene rings is 1. The molecule has 3 rings (SSSR count). The van der Waals surface area contributed by atoms with E-state index in [0.717, 1.165) is 13.1 Å². The van der Waals surface area contributed by atoms with Crippen molar-refractivity contribution in [3.05, 3.63) is 34.9 Å². The maximum absolute atomic E-state index is 6.04. The molecule has 0 radical (unpaired) electrons. The molecule has 0 bridgehead atoms. The number of aryl methyl sites for hydroxylation is 2. The topological polar surface area (TPSA) is 29.3 Å². The summed E-state index contributed by atoms with van der Waals surface area (Å²) in [6.07, 6.45) is 8.00. The summed E-state index contributed by atoms with van der Waals surface area (Å²) >= 11 is 0. The normalized spacial score (nSPS) is 21.3. The van der Waals surface area contributed by atoms with Crippen molar-refractivity contribution in [2.45, 2.75) is 44.4 Å². The van der Waals surface area contributed by atoms with Crippen molar-refractivity contribution >= 4 is 0 Å². The van der Waals surface area contributed by atoms with Crippen LogP contribution in [-0.4, -0.2) is 31.1 Å². The second kappa shape index (κ2) is 6.06. The van der Waals surface area contributed by atoms with Crippen LogP contribution in [0.5, 0.6) is 0 Å². The largest absolute Gasteiger partial charge is 0.330 e. The molecule has 1 aromatic rings. The minimum atomic E-state index is 0.518. The molecule has 0 saturated carbocycles. The van der Waals surface area contributed by atoms with Crippen molar-refractivity contribution < 1.29 is 0 Å². The molecule has 19 heavy (non-hydrogen) atoms. The van der Waals surface area contributed by atoms with Gasteiger partial charge < -0.3 is 10.6 Å². The Hall–Kier alpha value is -0.860. The van der Waals surface area contributed by atoms with E-state index in [4.69, 9.17) is 5.73 Å². The fraction of sp³-hybridized carbons (Fsp3) is 0.647. The summed E-state index contributed by atoms with van der Waals surface area (Å²) in [6, 6.07) is 7.10. The number of piperidine rings is 1. The van der Waals surface area contributed by atoms with Crippen LogP contribution in [0, 0.1) is 0 Å². The van der Waals surface area contributed by atoms with Crippen LogP contribution >= 0.6 is 0 Å². The Morgan fingerprint density at radius 1 is 1.00 bits per heavy atom. The van der Waals surface area contributed by atoms with E-state index >= 15 is 0 Å². The van der Waals surface area contributed by atoms with Crippen LogP contribution in [0.4, 0.5) is 0 Å². The number of hydrogen-bond acceptors (Lipinski definition) is 2. The lowest BCUT2D eigenvalue weighted by molar-refractivity contribution is 0.216. The molecule has 2 N–H and O–H groups in total. The second-order valence-electron chi connectivity index (χ2n) is 6.18. The number of hydrogen-bond donors (Lipinski definition) is 1. The molecule has 1 saturated heterocycles. The summed E-state index contributed by atoms with van der Waals surface area (Å²) in [5, 5.41) is 0. The van der Waals surface area contributed by atoms with Gasteiger partial charge in [-0.3, -0.25) is 0 Å². The summed E-state index contributed by atoms with van der Waals surface area (Å²) in [7, 11) is 0. The standard InChI is InChI=1S/C17H26N2/c18-12-17(13-19-9-2-1-3-10-19)16-8-7-14-5-4-6-15(14)11-16/h7-8,11,17H,1-6,9-10,12-13,18H2. The minimum absolute atomic E-state index is 0.518. The van der Waals surface area contributed by atoms with Crippen LogP contribution in [0.2, 0.25) is 0 Å². The van der Waals surface area contributed by atoms with Crippen molar-refractivity contribution in [3.8, 4) is 0 Å². The Labute approximate surface area is 117 Å². The summed E-state index contributed by atoms with van der Waals surface area (Å²) in [5.41, 5.74) is 10.7. The zero-order valence-electron chi connectivity index (χ0n) is 11.9. The Bertz CT molecular complexity index is 421. The third-order valence-electron chi connectivity index (χ3n) is 4.81. The first-order valence-corrected chi connectivity index (χ1v) is 7.91. The number of fused-ring (bicyclic) bond motifs is 1. The average Bonchev–Trinajstić information content (AvgIpc) is 2.93. The third kappa shape index (κ3) is 3.01. The van der Waals surface area contributed by atoms with Gasteiger partial charge in [0.15, 0.2) is 0 Å². The highest BCUT2D eigenvalue weighted by Crippen LogP contribution is 2.27. The molecule has 2 heteroatoms. The van der Waals surface area contributed by atoms with E-state index in [1.54, 1.807) is 11.1 Å². The Balaban J connectivity index is 1.70. The van der Waals surface area contributed by atoms with Crippen LogP contribution in [0.25, 0.3) is 0 Å². The maximum atomic E-state index is 6.04. The second-order valence-corrected chi connectivity index (χ2v) is 6.18. The fourth-order valence-electron chi connectivity index (χ4n) is 3.62. The maximum Gasteiger partial charge on any atom is 0.00889 e. The first kappa shape index (κ1) is 13.1. The van der Waals surface area contributed by atoms with Gasteiger partial charge in [0.05, 0.1) is 0 Å². The van der Waals surface area contributed by atoms with E-state index in [1.807, 2.05) is 0 Å². The van der Waals surface area contributed by atoms with Crippen LogP contribution in [0.1, 0.15) is 48.3 Å². The molecule has 2 aliphatic rings. The number of rotatable bonds is 4. The number of nitrogens with two attached hydrogens (primary N) is 1. The van der Waals surface area contributed by atoms with Crippen molar-refractivity contribution in [2.24, 2.45) is 5.73 Å². The molecule has 2 nitrogen and oxygen atoms in total. The lowest BCUT2D eigenvalue weighted by atomic mass is 9.94. The van der Waals surface area contributed by atoms with Gasteiger partial charge in [-0.05, 0) is 61.9 Å². The van der Waals surface area contributed by atoms with Gasteiger partial charge in [-0.1, -0.05) is 24.6 Å². The fourth-order valence-corrected chi connectivity index (χ4v) is 3.62. The van der Waals surface area contributed by atoms with E-state index in [9.17, 15) is 0 Å². The van der Waals surface area contributed by atoms with Crippen molar-refractivity contribution in [3.63, 3.8) is 0 Å². The Kier molecular flexibility index (Phi) is 4.19. The van der Waals surface area contributed by atoms with Crippen LogP contribution in [0.15, 0.2) is 18.2 Å². The summed E-state index contributed by atoms with van der Waals surface area (Å²) in [6.45, 7) is 4.45. The van der Waals surface area contributed by atoms with Gasteiger partial charge in [0.25, 0.3) is 0 Å². The summed E-state index contributed by atoms with van der Waals surface area (Å²) in [5.74, 6) is 0.518. The molecular formula is C17H26N2. The first-order chi connectivity index (χ1) is 9.36. The van der Waals surface area contributed by atoms with E-state index in [-0.39, 0.29) is 0 Å². The van der Waals surface area contributed by atoms with Gasteiger partial charge in [0.1, 0.15) is 0 Å². The number of nitrogens with zero attached hydrogens (tertiary/aromatic N) is 1. The average molecular weight is 258 g/mol. The van der Waals surface area contributed by atoms with Gasteiger partial charge >= 0.3 is 0 Å². The molecule has 1 heterocycles. The van der Waals surface area contributed by atoms with Crippen LogP contribution < -0.4 is 5.73 Å². The lowest BCUT2D eigenvalue weighted by Gasteiger charge is -2.30. The Morgan fingerprint density at radius 3 is 2.58 bits per heavy atom. The highest BCUT2D eigenvalue weighted by atomic mass is 15.1. The van der Waals surface area contributed by atoms with Crippen LogP contribution in [0.3, 0.4) is 0 Å². The molecule has 1 atom stereocenters. The van der Waals surface area contributed by atoms with Crippen LogP contribution in [-0.2, 0) is 12.8 Å². The van der Waals surface area contributed by atoms with Crippen molar-refractivity contribution in [1.82, 2.24) is 4.90 Å². The molecule has 104 valence electrons. The Morgan fingerprint density at radius 2 is 1.79 bits per heavy atom. The summed E-state index contributed by atoms with van der Waals surface area (Å²) < 4.78 is 0. The SMILES string of the molecule is NCC(CN1CCCCC1)c1ccc2c(c1)CCC2. The van der Waals surface area contributed by atoms with Crippen molar-refractivity contribution in [2.75, 3.05) is 26.2 Å². The lowest BCUT2D eigenvalue weighted by Crippen LogP contribution is -2.35. The predicted molar refractivity (Wildman–Crippen MR) is 80.6 cm³/mol.